The molecule has 1 amide bonds. The van der Waals surface area contributed by atoms with E-state index in [1.165, 1.54) is 6.92 Å². The minimum Gasteiger partial charge on any atom is -0.377 e. The van der Waals surface area contributed by atoms with E-state index in [-0.39, 0.29) is 17.7 Å². The van der Waals surface area contributed by atoms with Gasteiger partial charge in [0.1, 0.15) is 11.0 Å². The molecule has 3 rings (SSSR count). The number of ether oxygens (including phenoxy) is 1. The summed E-state index contributed by atoms with van der Waals surface area (Å²) < 4.78 is 5.54. The number of morpholine rings is 1. The second-order valence-electron chi connectivity index (χ2n) is 5.55. The van der Waals surface area contributed by atoms with Gasteiger partial charge >= 0.3 is 0 Å². The second kappa shape index (κ2) is 6.60. The number of nitrogens with zero attached hydrogens (tertiary/aromatic N) is 2. The van der Waals surface area contributed by atoms with Gasteiger partial charge in [-0.15, -0.1) is 11.3 Å². The van der Waals surface area contributed by atoms with Crippen molar-refractivity contribution in [1.29, 1.82) is 0 Å². The number of ketones is 1. The minimum absolute atomic E-state index is 0.00786. The van der Waals surface area contributed by atoms with Gasteiger partial charge in [0.05, 0.1) is 13.2 Å². The fourth-order valence-corrected chi connectivity index (χ4v) is 3.48. The fourth-order valence-electron chi connectivity index (χ4n) is 2.59. The van der Waals surface area contributed by atoms with Crippen LogP contribution in [0.3, 0.4) is 0 Å². The van der Waals surface area contributed by atoms with Gasteiger partial charge in [0.2, 0.25) is 0 Å². The van der Waals surface area contributed by atoms with Crippen LogP contribution in [0.4, 0.5) is 0 Å². The van der Waals surface area contributed by atoms with Crippen molar-refractivity contribution in [2.24, 2.45) is 0 Å². The third-order valence-electron chi connectivity index (χ3n) is 3.85. The van der Waals surface area contributed by atoms with Gasteiger partial charge in [-0.25, -0.2) is 4.98 Å². The molecule has 0 bridgehead atoms. The second-order valence-corrected chi connectivity index (χ2v) is 6.44. The smallest absolute Gasteiger partial charge is 0.254 e. The van der Waals surface area contributed by atoms with Crippen molar-refractivity contribution >= 4 is 23.0 Å². The number of aromatic nitrogens is 1. The van der Waals surface area contributed by atoms with Crippen LogP contribution in [0.1, 0.15) is 44.4 Å². The van der Waals surface area contributed by atoms with E-state index in [9.17, 15) is 9.59 Å². The molecule has 1 aliphatic heterocycles. The summed E-state index contributed by atoms with van der Waals surface area (Å²) in [5.74, 6) is -0.0623. The van der Waals surface area contributed by atoms with E-state index in [1.54, 1.807) is 35.6 Å². The molecule has 120 valence electrons. The zero-order valence-corrected chi connectivity index (χ0v) is 13.9. The van der Waals surface area contributed by atoms with E-state index in [0.717, 1.165) is 10.7 Å². The third-order valence-corrected chi connectivity index (χ3v) is 4.91. The van der Waals surface area contributed by atoms with E-state index in [0.29, 0.717) is 30.9 Å². The van der Waals surface area contributed by atoms with E-state index in [1.807, 2.05) is 17.2 Å². The average Bonchev–Trinajstić information content (AvgIpc) is 3.00. The van der Waals surface area contributed by atoms with Crippen LogP contribution in [-0.2, 0) is 4.74 Å². The summed E-state index contributed by atoms with van der Waals surface area (Å²) in [6.45, 7) is 4.98. The van der Waals surface area contributed by atoms with Gasteiger partial charge in [0.25, 0.3) is 5.91 Å². The highest BCUT2D eigenvalue weighted by molar-refractivity contribution is 7.09. The van der Waals surface area contributed by atoms with Gasteiger partial charge in [-0.05, 0) is 26.0 Å². The Morgan fingerprint density at radius 1 is 1.26 bits per heavy atom. The first-order chi connectivity index (χ1) is 11.1. The summed E-state index contributed by atoms with van der Waals surface area (Å²) in [5.41, 5.74) is 2.14. The Balaban J connectivity index is 1.85. The summed E-state index contributed by atoms with van der Waals surface area (Å²) in [5, 5.41) is 2.88. The topological polar surface area (TPSA) is 59.5 Å². The number of carbonyl (C=O) groups is 2. The van der Waals surface area contributed by atoms with Crippen LogP contribution in [0.5, 0.6) is 0 Å². The fraction of sp³-hybridized carbons (Fsp3) is 0.353. The molecule has 5 nitrogen and oxygen atoms in total. The quantitative estimate of drug-likeness (QED) is 0.812. The van der Waals surface area contributed by atoms with Gasteiger partial charge in [-0.1, -0.05) is 12.1 Å². The van der Waals surface area contributed by atoms with E-state index in [2.05, 4.69) is 4.98 Å². The van der Waals surface area contributed by atoms with Crippen molar-refractivity contribution in [3.63, 3.8) is 0 Å². The third kappa shape index (κ3) is 3.33. The molecule has 1 saturated heterocycles. The summed E-state index contributed by atoms with van der Waals surface area (Å²) in [7, 11) is 0. The van der Waals surface area contributed by atoms with Crippen LogP contribution in [0.15, 0.2) is 29.6 Å². The normalized spacial score (nSPS) is 18.0. The number of amides is 1. The van der Waals surface area contributed by atoms with Gasteiger partial charge in [-0.3, -0.25) is 9.59 Å². The average molecular weight is 330 g/mol. The van der Waals surface area contributed by atoms with Crippen LogP contribution in [0, 0.1) is 6.92 Å². The molecule has 2 aromatic rings. The molecule has 0 saturated carbocycles. The Morgan fingerprint density at radius 2 is 1.96 bits per heavy atom. The monoisotopic (exact) mass is 330 g/mol. The molecule has 1 aromatic carbocycles. The number of thiazole rings is 1. The van der Waals surface area contributed by atoms with Gasteiger partial charge in [0, 0.05) is 28.7 Å². The lowest BCUT2D eigenvalue weighted by Gasteiger charge is -2.34. The van der Waals surface area contributed by atoms with Crippen LogP contribution >= 0.6 is 11.3 Å². The zero-order chi connectivity index (χ0) is 16.4. The van der Waals surface area contributed by atoms with Crippen molar-refractivity contribution in [1.82, 2.24) is 9.88 Å². The number of benzene rings is 1. The summed E-state index contributed by atoms with van der Waals surface area (Å²) in [4.78, 5) is 30.5. The molecule has 1 aliphatic rings. The molecule has 6 heteroatoms. The number of hydrogen-bond donors (Lipinski definition) is 0. The van der Waals surface area contributed by atoms with Gasteiger partial charge in [0.15, 0.2) is 5.78 Å². The maximum absolute atomic E-state index is 12.8. The maximum atomic E-state index is 12.8. The number of Topliss-reactive ketones (excluding diaryl/α,β-unsaturated/α-hetero) is 1. The predicted octanol–water partition coefficient (Wildman–Crippen LogP) is 2.87. The Bertz CT molecular complexity index is 724. The number of aryl methyl sites for hydroxylation is 1. The van der Waals surface area contributed by atoms with Crippen molar-refractivity contribution < 1.29 is 14.3 Å². The van der Waals surface area contributed by atoms with Crippen LogP contribution < -0.4 is 0 Å². The number of carbonyl (C=O) groups excluding carboxylic acids is 2. The SMILES string of the molecule is CC(=O)c1ccc(C(=O)N2CCOCC2c2nc(C)cs2)cc1. The van der Waals surface area contributed by atoms with Crippen molar-refractivity contribution in [2.75, 3.05) is 19.8 Å². The van der Waals surface area contributed by atoms with E-state index >= 15 is 0 Å². The van der Waals surface area contributed by atoms with Crippen LogP contribution in [0.2, 0.25) is 0 Å². The molecule has 23 heavy (non-hydrogen) atoms. The lowest BCUT2D eigenvalue weighted by atomic mass is 10.1. The summed E-state index contributed by atoms with van der Waals surface area (Å²) in [6.07, 6.45) is 0. The molecule has 1 fully saturated rings. The molecule has 1 aromatic heterocycles. The van der Waals surface area contributed by atoms with E-state index < -0.39 is 0 Å². The summed E-state index contributed by atoms with van der Waals surface area (Å²) >= 11 is 1.55. The van der Waals surface area contributed by atoms with Crippen molar-refractivity contribution in [3.05, 3.63) is 51.5 Å². The standard InChI is InChI=1S/C17H18N2O3S/c1-11-10-23-16(18-11)15-9-22-8-7-19(15)17(21)14-5-3-13(4-6-14)12(2)20/h3-6,10,15H,7-9H2,1-2H3. The lowest BCUT2D eigenvalue weighted by Crippen LogP contribution is -2.43. The molecule has 0 spiro atoms. The van der Waals surface area contributed by atoms with Gasteiger partial charge in [-0.2, -0.15) is 0 Å². The van der Waals surface area contributed by atoms with E-state index in [4.69, 9.17) is 4.74 Å². The Labute approximate surface area is 138 Å². The first-order valence-electron chi connectivity index (χ1n) is 7.48. The Morgan fingerprint density at radius 3 is 2.57 bits per heavy atom. The highest BCUT2D eigenvalue weighted by Crippen LogP contribution is 2.28. The lowest BCUT2D eigenvalue weighted by molar-refractivity contribution is -0.00277. The molecule has 0 radical (unpaired) electrons. The first kappa shape index (κ1) is 15.8. The molecule has 1 unspecified atom stereocenters. The summed E-state index contributed by atoms with van der Waals surface area (Å²) in [6, 6.07) is 6.65. The Kier molecular flexibility index (Phi) is 4.54. The Hall–Kier alpha value is -2.05. The van der Waals surface area contributed by atoms with Gasteiger partial charge < -0.3 is 9.64 Å². The molecular weight excluding hydrogens is 312 g/mol. The van der Waals surface area contributed by atoms with Crippen LogP contribution in [-0.4, -0.2) is 41.3 Å². The largest absolute Gasteiger partial charge is 0.377 e. The maximum Gasteiger partial charge on any atom is 0.254 e. The molecule has 1 atom stereocenters. The minimum atomic E-state index is -0.151. The highest BCUT2D eigenvalue weighted by Gasteiger charge is 2.31. The van der Waals surface area contributed by atoms with Crippen LogP contribution in [0.25, 0.3) is 0 Å². The number of hydrogen-bond acceptors (Lipinski definition) is 5. The first-order valence-corrected chi connectivity index (χ1v) is 8.36. The molecular formula is C17H18N2O3S. The predicted molar refractivity (Wildman–Crippen MR) is 87.9 cm³/mol. The van der Waals surface area contributed by atoms with Crippen molar-refractivity contribution in [3.8, 4) is 0 Å². The molecule has 2 heterocycles. The highest BCUT2D eigenvalue weighted by atomic mass is 32.1. The number of rotatable bonds is 3. The zero-order valence-electron chi connectivity index (χ0n) is 13.1. The van der Waals surface area contributed by atoms with Crippen molar-refractivity contribution in [2.45, 2.75) is 19.9 Å². The molecule has 0 aliphatic carbocycles. The molecule has 0 N–H and O–H groups in total.